The Labute approximate surface area is 209 Å². The molecule has 4 nitrogen and oxygen atoms in total. The van der Waals surface area contributed by atoms with Gasteiger partial charge < -0.3 is 9.47 Å². The van der Waals surface area contributed by atoms with Gasteiger partial charge in [0.15, 0.2) is 0 Å². The van der Waals surface area contributed by atoms with Gasteiger partial charge in [-0.1, -0.05) is 72.1 Å². The summed E-state index contributed by atoms with van der Waals surface area (Å²) >= 11 is 24.0. The first-order valence-electron chi connectivity index (χ1n) is 10.5. The zero-order chi connectivity index (χ0) is 23.3. The number of carbonyl (C=O) groups excluding carboxylic acids is 2. The van der Waals surface area contributed by atoms with Crippen LogP contribution in [0.3, 0.4) is 0 Å². The molecule has 2 rings (SSSR count). The molecular formula is C24H26Cl4O4. The molecular weight excluding hydrogens is 494 g/mol. The molecule has 0 spiro atoms. The molecule has 0 radical (unpaired) electrons. The Hall–Kier alpha value is -1.46. The highest BCUT2D eigenvalue weighted by molar-refractivity contribution is 6.34. The van der Waals surface area contributed by atoms with Crippen LogP contribution in [0.2, 0.25) is 20.1 Å². The van der Waals surface area contributed by atoms with Crippen LogP contribution < -0.4 is 0 Å². The van der Waals surface area contributed by atoms with Gasteiger partial charge in [-0.25, -0.2) is 0 Å². The van der Waals surface area contributed by atoms with Gasteiger partial charge in [-0.3, -0.25) is 9.59 Å². The van der Waals surface area contributed by atoms with Gasteiger partial charge in [0.25, 0.3) is 0 Å². The van der Waals surface area contributed by atoms with E-state index in [0.29, 0.717) is 44.1 Å². The molecule has 32 heavy (non-hydrogen) atoms. The third-order valence-corrected chi connectivity index (χ3v) is 6.01. The minimum atomic E-state index is -0.247. The van der Waals surface area contributed by atoms with Crippen molar-refractivity contribution in [1.82, 2.24) is 0 Å². The highest BCUT2D eigenvalue weighted by atomic mass is 35.5. The first-order chi connectivity index (χ1) is 15.3. The van der Waals surface area contributed by atoms with E-state index in [0.717, 1.165) is 38.5 Å². The lowest BCUT2D eigenvalue weighted by Crippen LogP contribution is -2.05. The lowest BCUT2D eigenvalue weighted by molar-refractivity contribution is -0.146. The molecule has 0 saturated carbocycles. The van der Waals surface area contributed by atoms with Gasteiger partial charge >= 0.3 is 11.9 Å². The molecule has 0 aliphatic rings. The number of ether oxygens (including phenoxy) is 2. The number of hydrogen-bond donors (Lipinski definition) is 0. The Morgan fingerprint density at radius 3 is 1.38 bits per heavy atom. The first-order valence-corrected chi connectivity index (χ1v) is 12.1. The van der Waals surface area contributed by atoms with Crippen molar-refractivity contribution < 1.29 is 19.1 Å². The molecule has 0 fully saturated rings. The molecule has 0 amide bonds. The molecule has 8 heteroatoms. The molecule has 0 aliphatic heterocycles. The van der Waals surface area contributed by atoms with E-state index < -0.39 is 0 Å². The van der Waals surface area contributed by atoms with Gasteiger partial charge in [-0.2, -0.15) is 0 Å². The first kappa shape index (κ1) is 26.8. The fourth-order valence-electron chi connectivity index (χ4n) is 3.01. The largest absolute Gasteiger partial charge is 0.461 e. The van der Waals surface area contributed by atoms with Crippen LogP contribution in [-0.4, -0.2) is 11.9 Å². The summed E-state index contributed by atoms with van der Waals surface area (Å²) in [6.07, 6.45) is 6.15. The van der Waals surface area contributed by atoms with Crippen LogP contribution in [0.5, 0.6) is 0 Å². The molecule has 0 unspecified atom stereocenters. The minimum absolute atomic E-state index is 0.123. The van der Waals surface area contributed by atoms with Crippen LogP contribution in [0, 0.1) is 0 Å². The van der Waals surface area contributed by atoms with Crippen LogP contribution in [0.1, 0.15) is 62.5 Å². The highest BCUT2D eigenvalue weighted by Crippen LogP contribution is 2.22. The average molecular weight is 520 g/mol. The molecule has 0 aromatic heterocycles. The van der Waals surface area contributed by atoms with Gasteiger partial charge in [0, 0.05) is 44.1 Å². The summed E-state index contributed by atoms with van der Waals surface area (Å²) in [6.45, 7) is 0.246. The summed E-state index contributed by atoms with van der Waals surface area (Å²) in [5.74, 6) is -0.493. The van der Waals surface area contributed by atoms with Crippen LogP contribution >= 0.6 is 46.4 Å². The predicted octanol–water partition coefficient (Wildman–Crippen LogP) is 8.21. The maximum absolute atomic E-state index is 11.9. The van der Waals surface area contributed by atoms with Gasteiger partial charge in [0.1, 0.15) is 13.2 Å². The Morgan fingerprint density at radius 1 is 0.594 bits per heavy atom. The number of hydrogen-bond acceptors (Lipinski definition) is 4. The Kier molecular flexibility index (Phi) is 12.3. The van der Waals surface area contributed by atoms with E-state index >= 15 is 0 Å². The second-order valence-corrected chi connectivity index (χ2v) is 9.10. The van der Waals surface area contributed by atoms with E-state index in [9.17, 15) is 9.59 Å². The molecule has 174 valence electrons. The van der Waals surface area contributed by atoms with E-state index in [4.69, 9.17) is 55.9 Å². The normalized spacial score (nSPS) is 10.8. The summed E-state index contributed by atoms with van der Waals surface area (Å²) in [5.41, 5.74) is 1.39. The summed E-state index contributed by atoms with van der Waals surface area (Å²) in [7, 11) is 0. The van der Waals surface area contributed by atoms with Crippen LogP contribution in [0.25, 0.3) is 0 Å². The third kappa shape index (κ3) is 10.4. The lowest BCUT2D eigenvalue weighted by atomic mass is 10.1. The van der Waals surface area contributed by atoms with Crippen LogP contribution in [0.15, 0.2) is 36.4 Å². The summed E-state index contributed by atoms with van der Waals surface area (Å²) in [5, 5.41) is 2.16. The molecule has 0 aliphatic carbocycles. The summed E-state index contributed by atoms with van der Waals surface area (Å²) in [6, 6.07) is 10.1. The number of carbonyl (C=O) groups is 2. The fourth-order valence-corrected chi connectivity index (χ4v) is 3.75. The molecule has 0 bridgehead atoms. The zero-order valence-corrected chi connectivity index (χ0v) is 20.7. The van der Waals surface area contributed by atoms with E-state index in [1.165, 1.54) is 0 Å². The second kappa shape index (κ2) is 14.6. The lowest BCUT2D eigenvalue weighted by Gasteiger charge is -2.08. The van der Waals surface area contributed by atoms with Crippen molar-refractivity contribution in [1.29, 1.82) is 0 Å². The number of unbranched alkanes of at least 4 members (excludes halogenated alkanes) is 5. The third-order valence-electron chi connectivity index (χ3n) is 4.80. The minimum Gasteiger partial charge on any atom is -0.461 e. The topological polar surface area (TPSA) is 52.6 Å². The predicted molar refractivity (Wildman–Crippen MR) is 129 cm³/mol. The Morgan fingerprint density at radius 2 is 0.969 bits per heavy atom. The molecule has 2 aromatic carbocycles. The number of benzene rings is 2. The number of esters is 2. The van der Waals surface area contributed by atoms with E-state index in [1.54, 1.807) is 36.4 Å². The average Bonchev–Trinajstić information content (AvgIpc) is 2.76. The van der Waals surface area contributed by atoms with Crippen molar-refractivity contribution >= 4 is 58.3 Å². The van der Waals surface area contributed by atoms with Crippen molar-refractivity contribution in [2.75, 3.05) is 0 Å². The quantitative estimate of drug-likeness (QED) is 0.197. The van der Waals surface area contributed by atoms with Gasteiger partial charge in [-0.05, 0) is 49.2 Å². The van der Waals surface area contributed by atoms with Gasteiger partial charge in [0.05, 0.1) is 0 Å². The Balaban J connectivity index is 1.47. The van der Waals surface area contributed by atoms with Gasteiger partial charge in [0.2, 0.25) is 0 Å². The van der Waals surface area contributed by atoms with E-state index in [2.05, 4.69) is 0 Å². The molecule has 2 aromatic rings. The van der Waals surface area contributed by atoms with Crippen LogP contribution in [-0.2, 0) is 32.3 Å². The molecule has 0 heterocycles. The van der Waals surface area contributed by atoms with Crippen molar-refractivity contribution in [3.63, 3.8) is 0 Å². The molecule has 0 saturated heterocycles. The van der Waals surface area contributed by atoms with Crippen molar-refractivity contribution in [2.45, 2.75) is 64.6 Å². The molecule has 0 N–H and O–H groups in total. The van der Waals surface area contributed by atoms with Crippen LogP contribution in [0.4, 0.5) is 0 Å². The highest BCUT2D eigenvalue weighted by Gasteiger charge is 2.08. The van der Waals surface area contributed by atoms with E-state index in [1.807, 2.05) is 0 Å². The number of halogens is 4. The number of rotatable bonds is 13. The van der Waals surface area contributed by atoms with E-state index in [-0.39, 0.29) is 25.2 Å². The second-order valence-electron chi connectivity index (χ2n) is 7.41. The van der Waals surface area contributed by atoms with Crippen molar-refractivity contribution in [3.8, 4) is 0 Å². The summed E-state index contributed by atoms with van der Waals surface area (Å²) < 4.78 is 10.5. The molecule has 0 atom stereocenters. The zero-order valence-electron chi connectivity index (χ0n) is 17.7. The Bertz CT molecular complexity index is 828. The maximum atomic E-state index is 11.9. The monoisotopic (exact) mass is 518 g/mol. The fraction of sp³-hybridized carbons (Fsp3) is 0.417. The maximum Gasteiger partial charge on any atom is 0.306 e. The smallest absolute Gasteiger partial charge is 0.306 e. The van der Waals surface area contributed by atoms with Crippen molar-refractivity contribution in [3.05, 3.63) is 67.6 Å². The standard InChI is InChI=1S/C24H26Cl4O4/c25-19-9-11-21(27)17(13-19)15-31-23(29)7-5-3-1-2-4-6-8-24(30)32-16-18-14-20(26)10-12-22(18)28/h9-14H,1-8,15-16H2. The summed E-state index contributed by atoms with van der Waals surface area (Å²) in [4.78, 5) is 23.7. The SMILES string of the molecule is O=C(CCCCCCCCC(=O)OCc1cc(Cl)ccc1Cl)OCc1cc(Cl)ccc1Cl. The van der Waals surface area contributed by atoms with Gasteiger partial charge in [-0.15, -0.1) is 0 Å². The van der Waals surface area contributed by atoms with Crippen molar-refractivity contribution in [2.24, 2.45) is 0 Å².